The Hall–Kier alpha value is -3.22. The van der Waals surface area contributed by atoms with Gasteiger partial charge in [-0.05, 0) is 36.4 Å². The number of nitrogens with one attached hydrogen (secondary N) is 1. The molecule has 0 heterocycles. The highest BCUT2D eigenvalue weighted by Crippen LogP contribution is 2.28. The summed E-state index contributed by atoms with van der Waals surface area (Å²) in [6, 6.07) is 16.4. The lowest BCUT2D eigenvalue weighted by Gasteiger charge is -2.12. The number of rotatable bonds is 5. The quantitative estimate of drug-likeness (QED) is 0.344. The summed E-state index contributed by atoms with van der Waals surface area (Å²) in [5.74, 6) is -1.16. The fourth-order valence-electron chi connectivity index (χ4n) is 2.62. The van der Waals surface area contributed by atoms with Crippen molar-refractivity contribution in [1.29, 1.82) is 0 Å². The maximum atomic E-state index is 12.9. The smallest absolute Gasteiger partial charge is 0.282 e. The van der Waals surface area contributed by atoms with Crippen molar-refractivity contribution >= 4 is 46.3 Å². The third kappa shape index (κ3) is 4.03. The standard InChI is InChI=1S/C20H12Cl2N2O4/c21-12-9-10-17(15(11-12)19(25)13-5-1-3-7-16(13)22)23-20(26)14-6-2-4-8-18(14)24(27)28/h1-11H,(H,23,26). The Balaban J connectivity index is 2.00. The van der Waals surface area contributed by atoms with E-state index in [0.29, 0.717) is 5.02 Å². The van der Waals surface area contributed by atoms with Gasteiger partial charge in [0.1, 0.15) is 5.56 Å². The third-order valence-electron chi connectivity index (χ3n) is 3.94. The first-order chi connectivity index (χ1) is 13.4. The summed E-state index contributed by atoms with van der Waals surface area (Å²) in [5, 5.41) is 14.3. The minimum absolute atomic E-state index is 0.118. The Morgan fingerprint density at radius 1 is 0.857 bits per heavy atom. The van der Waals surface area contributed by atoms with E-state index >= 15 is 0 Å². The number of para-hydroxylation sites is 1. The predicted molar refractivity (Wildman–Crippen MR) is 107 cm³/mol. The van der Waals surface area contributed by atoms with E-state index in [1.54, 1.807) is 24.3 Å². The van der Waals surface area contributed by atoms with E-state index in [4.69, 9.17) is 23.2 Å². The zero-order chi connectivity index (χ0) is 20.3. The Labute approximate surface area is 169 Å². The molecular weight excluding hydrogens is 403 g/mol. The number of ketones is 1. The number of hydrogen-bond donors (Lipinski definition) is 1. The third-order valence-corrected chi connectivity index (χ3v) is 4.50. The number of halogens is 2. The van der Waals surface area contributed by atoms with Gasteiger partial charge in [-0.3, -0.25) is 19.7 Å². The van der Waals surface area contributed by atoms with Crippen molar-refractivity contribution in [3.63, 3.8) is 0 Å². The summed E-state index contributed by atoms with van der Waals surface area (Å²) >= 11 is 12.1. The normalized spacial score (nSPS) is 10.4. The lowest BCUT2D eigenvalue weighted by Crippen LogP contribution is -2.16. The molecular formula is C20H12Cl2N2O4. The fourth-order valence-corrected chi connectivity index (χ4v) is 3.01. The Morgan fingerprint density at radius 2 is 1.50 bits per heavy atom. The number of nitro groups is 1. The molecule has 0 unspecified atom stereocenters. The van der Waals surface area contributed by atoms with Gasteiger partial charge >= 0.3 is 0 Å². The second kappa shape index (κ2) is 8.21. The molecule has 3 aromatic carbocycles. The lowest BCUT2D eigenvalue weighted by atomic mass is 10.0. The van der Waals surface area contributed by atoms with E-state index in [-0.39, 0.29) is 33.1 Å². The van der Waals surface area contributed by atoms with Crippen molar-refractivity contribution in [2.24, 2.45) is 0 Å². The Kier molecular flexibility index (Phi) is 5.73. The highest BCUT2D eigenvalue weighted by molar-refractivity contribution is 6.36. The van der Waals surface area contributed by atoms with E-state index in [9.17, 15) is 19.7 Å². The number of carbonyl (C=O) groups excluding carboxylic acids is 2. The fraction of sp³-hybridized carbons (Fsp3) is 0. The molecule has 3 rings (SSSR count). The number of benzene rings is 3. The molecule has 0 aliphatic rings. The van der Waals surface area contributed by atoms with E-state index in [1.165, 1.54) is 42.5 Å². The Bertz CT molecular complexity index is 1100. The van der Waals surface area contributed by atoms with Crippen LogP contribution in [0.15, 0.2) is 66.7 Å². The van der Waals surface area contributed by atoms with Crippen molar-refractivity contribution in [1.82, 2.24) is 0 Å². The van der Waals surface area contributed by atoms with E-state index in [0.717, 1.165) is 0 Å². The molecule has 0 aromatic heterocycles. The van der Waals surface area contributed by atoms with Gasteiger partial charge in [0.15, 0.2) is 5.78 Å². The topological polar surface area (TPSA) is 89.3 Å². The molecule has 1 amide bonds. The number of nitro benzene ring substituents is 1. The predicted octanol–water partition coefficient (Wildman–Crippen LogP) is 5.38. The first kappa shape index (κ1) is 19.5. The van der Waals surface area contributed by atoms with E-state index in [2.05, 4.69) is 5.32 Å². The zero-order valence-corrected chi connectivity index (χ0v) is 15.7. The monoisotopic (exact) mass is 414 g/mol. The summed E-state index contributed by atoms with van der Waals surface area (Å²) in [6.07, 6.45) is 0. The number of carbonyl (C=O) groups is 2. The van der Waals surface area contributed by atoms with Crippen LogP contribution in [0.1, 0.15) is 26.3 Å². The minimum atomic E-state index is -0.720. The second-order valence-electron chi connectivity index (χ2n) is 5.73. The van der Waals surface area contributed by atoms with Crippen molar-refractivity contribution in [2.45, 2.75) is 0 Å². The summed E-state index contributed by atoms with van der Waals surface area (Å²) in [6.45, 7) is 0. The average molecular weight is 415 g/mol. The highest BCUT2D eigenvalue weighted by Gasteiger charge is 2.22. The van der Waals surface area contributed by atoms with Gasteiger partial charge in [0.05, 0.1) is 15.6 Å². The summed E-state index contributed by atoms with van der Waals surface area (Å²) in [4.78, 5) is 36.1. The van der Waals surface area contributed by atoms with Crippen LogP contribution in [0.25, 0.3) is 0 Å². The lowest BCUT2D eigenvalue weighted by molar-refractivity contribution is -0.385. The van der Waals surface area contributed by atoms with Gasteiger partial charge in [0.25, 0.3) is 11.6 Å². The minimum Gasteiger partial charge on any atom is -0.321 e. The average Bonchev–Trinajstić information content (AvgIpc) is 2.69. The van der Waals surface area contributed by atoms with Gasteiger partial charge in [-0.2, -0.15) is 0 Å². The van der Waals surface area contributed by atoms with Crippen LogP contribution in [-0.4, -0.2) is 16.6 Å². The van der Waals surface area contributed by atoms with Gasteiger partial charge in [-0.1, -0.05) is 47.5 Å². The van der Waals surface area contributed by atoms with Gasteiger partial charge in [0, 0.05) is 22.2 Å². The molecule has 0 aliphatic heterocycles. The van der Waals surface area contributed by atoms with Gasteiger partial charge < -0.3 is 5.32 Å². The molecule has 6 nitrogen and oxygen atoms in total. The largest absolute Gasteiger partial charge is 0.321 e. The van der Waals surface area contributed by atoms with Crippen LogP contribution in [0.2, 0.25) is 10.0 Å². The van der Waals surface area contributed by atoms with Crippen LogP contribution in [0.5, 0.6) is 0 Å². The van der Waals surface area contributed by atoms with Gasteiger partial charge in [-0.25, -0.2) is 0 Å². The van der Waals surface area contributed by atoms with Crippen LogP contribution in [0.4, 0.5) is 11.4 Å². The van der Waals surface area contributed by atoms with Gasteiger partial charge in [-0.15, -0.1) is 0 Å². The van der Waals surface area contributed by atoms with Crippen molar-refractivity contribution in [3.05, 3.63) is 104 Å². The first-order valence-electron chi connectivity index (χ1n) is 8.02. The Morgan fingerprint density at radius 3 is 2.18 bits per heavy atom. The molecule has 0 atom stereocenters. The second-order valence-corrected chi connectivity index (χ2v) is 6.57. The maximum absolute atomic E-state index is 12.9. The van der Waals surface area contributed by atoms with Gasteiger partial charge in [0.2, 0.25) is 0 Å². The molecule has 0 aliphatic carbocycles. The molecule has 8 heteroatoms. The number of anilines is 1. The highest BCUT2D eigenvalue weighted by atomic mass is 35.5. The molecule has 0 saturated heterocycles. The van der Waals surface area contributed by atoms with Crippen molar-refractivity contribution in [3.8, 4) is 0 Å². The van der Waals surface area contributed by atoms with Crippen molar-refractivity contribution < 1.29 is 14.5 Å². The molecule has 0 bridgehead atoms. The molecule has 140 valence electrons. The molecule has 0 spiro atoms. The summed E-state index contributed by atoms with van der Waals surface area (Å²) in [7, 11) is 0. The number of nitrogens with zero attached hydrogens (tertiary/aromatic N) is 1. The molecule has 3 aromatic rings. The van der Waals surface area contributed by atoms with Crippen LogP contribution < -0.4 is 5.32 Å². The summed E-state index contributed by atoms with van der Waals surface area (Å²) in [5.41, 5.74) is 0.0594. The molecule has 0 saturated carbocycles. The molecule has 1 N–H and O–H groups in total. The van der Waals surface area contributed by atoms with E-state index < -0.39 is 16.6 Å². The molecule has 0 fully saturated rings. The van der Waals surface area contributed by atoms with Crippen LogP contribution in [0.3, 0.4) is 0 Å². The summed E-state index contributed by atoms with van der Waals surface area (Å²) < 4.78 is 0. The number of amides is 1. The maximum Gasteiger partial charge on any atom is 0.282 e. The van der Waals surface area contributed by atoms with Crippen LogP contribution in [-0.2, 0) is 0 Å². The van der Waals surface area contributed by atoms with Crippen molar-refractivity contribution in [2.75, 3.05) is 5.32 Å². The molecule has 28 heavy (non-hydrogen) atoms. The van der Waals surface area contributed by atoms with E-state index in [1.807, 2.05) is 0 Å². The molecule has 0 radical (unpaired) electrons. The first-order valence-corrected chi connectivity index (χ1v) is 8.77. The SMILES string of the molecule is O=C(c1ccccc1Cl)c1cc(Cl)ccc1NC(=O)c1ccccc1[N+](=O)[O-]. The number of hydrogen-bond acceptors (Lipinski definition) is 4. The van der Waals surface area contributed by atoms with Crippen LogP contribution in [0, 0.1) is 10.1 Å². The van der Waals surface area contributed by atoms with Crippen LogP contribution >= 0.6 is 23.2 Å². The zero-order valence-electron chi connectivity index (χ0n) is 14.2.